The smallest absolute Gasteiger partial charge is 0.274 e. The van der Waals surface area contributed by atoms with Crippen molar-refractivity contribution in [1.29, 1.82) is 0 Å². The predicted octanol–water partition coefficient (Wildman–Crippen LogP) is 3.32. The molecule has 32 heavy (non-hydrogen) atoms. The molecule has 1 fully saturated rings. The maximum Gasteiger partial charge on any atom is 0.274 e. The number of rotatable bonds is 9. The lowest BCUT2D eigenvalue weighted by atomic mass is 10.0. The molecule has 1 saturated heterocycles. The van der Waals surface area contributed by atoms with Crippen molar-refractivity contribution in [2.75, 3.05) is 12.4 Å². The molecule has 9 heteroatoms. The van der Waals surface area contributed by atoms with Crippen molar-refractivity contribution in [2.45, 2.75) is 57.9 Å². The summed E-state index contributed by atoms with van der Waals surface area (Å²) in [5.74, 6) is 2.18. The largest absolute Gasteiger partial charge is 0.494 e. The summed E-state index contributed by atoms with van der Waals surface area (Å²) in [5.41, 5.74) is 2.74. The summed E-state index contributed by atoms with van der Waals surface area (Å²) in [7, 11) is 0. The molecule has 2 aromatic rings. The minimum absolute atomic E-state index is 0.131. The predicted molar refractivity (Wildman–Crippen MR) is 122 cm³/mol. The highest BCUT2D eigenvalue weighted by Crippen LogP contribution is 2.43. The number of unbranched alkanes of at least 4 members (excludes halogenated alkanes) is 1. The van der Waals surface area contributed by atoms with Gasteiger partial charge in [-0.25, -0.2) is 0 Å². The zero-order valence-corrected chi connectivity index (χ0v) is 19.4. The quantitative estimate of drug-likeness (QED) is 0.457. The molecule has 1 aromatic carbocycles. The molecule has 2 aliphatic heterocycles. The number of hydrogen-bond donors (Lipinski definition) is 1. The van der Waals surface area contributed by atoms with Gasteiger partial charge in [0.1, 0.15) is 22.9 Å². The minimum atomic E-state index is -0.533. The number of aromatic nitrogens is 2. The number of fused-ring (bicyclic) bond motifs is 1. The Morgan fingerprint density at radius 1 is 1.31 bits per heavy atom. The monoisotopic (exact) mass is 456 g/mol. The van der Waals surface area contributed by atoms with Gasteiger partial charge < -0.3 is 14.6 Å². The van der Waals surface area contributed by atoms with E-state index in [1.54, 1.807) is 23.6 Å². The highest BCUT2D eigenvalue weighted by atomic mass is 32.2. The van der Waals surface area contributed by atoms with Crippen molar-refractivity contribution in [3.63, 3.8) is 0 Å². The van der Waals surface area contributed by atoms with Gasteiger partial charge in [0.05, 0.1) is 6.61 Å². The van der Waals surface area contributed by atoms with E-state index in [9.17, 15) is 9.59 Å². The van der Waals surface area contributed by atoms with Crippen LogP contribution in [0.4, 0.5) is 0 Å². The average Bonchev–Trinajstić information content (AvgIpc) is 3.22. The third kappa shape index (κ3) is 4.67. The molecule has 4 rings (SSSR count). The van der Waals surface area contributed by atoms with E-state index in [2.05, 4.69) is 22.4 Å². The van der Waals surface area contributed by atoms with Crippen LogP contribution in [0.15, 0.2) is 34.4 Å². The van der Waals surface area contributed by atoms with Crippen molar-refractivity contribution in [1.82, 2.24) is 20.4 Å². The van der Waals surface area contributed by atoms with Gasteiger partial charge in [0.15, 0.2) is 5.82 Å². The average molecular weight is 457 g/mol. The van der Waals surface area contributed by atoms with Gasteiger partial charge >= 0.3 is 0 Å². The third-order valence-corrected chi connectivity index (χ3v) is 6.96. The molecule has 8 nitrogen and oxygen atoms in total. The van der Waals surface area contributed by atoms with Crippen molar-refractivity contribution >= 4 is 29.3 Å². The van der Waals surface area contributed by atoms with Crippen LogP contribution in [0.5, 0.6) is 5.75 Å². The highest BCUT2D eigenvalue weighted by molar-refractivity contribution is 8.00. The molecule has 3 heterocycles. The Hall–Kier alpha value is -2.81. The highest BCUT2D eigenvalue weighted by Gasteiger charge is 2.53. The third-order valence-electron chi connectivity index (χ3n) is 5.54. The Balaban J connectivity index is 1.30. The number of aryl methyl sites for hydroxylation is 2. The van der Waals surface area contributed by atoms with E-state index in [-0.39, 0.29) is 17.2 Å². The van der Waals surface area contributed by atoms with Crippen molar-refractivity contribution in [3.8, 4) is 5.75 Å². The van der Waals surface area contributed by atoms with Crippen LogP contribution in [0.25, 0.3) is 5.70 Å². The van der Waals surface area contributed by atoms with Gasteiger partial charge in [-0.2, -0.15) is 4.98 Å². The molecular formula is C23H28N4O4S. The van der Waals surface area contributed by atoms with Crippen molar-refractivity contribution in [3.05, 3.63) is 47.1 Å². The Bertz CT molecular complexity index is 1020. The van der Waals surface area contributed by atoms with Crippen LogP contribution in [0.3, 0.4) is 0 Å². The van der Waals surface area contributed by atoms with Crippen molar-refractivity contribution < 1.29 is 18.8 Å². The molecule has 170 valence electrons. The molecule has 0 bridgehead atoms. The second-order valence-corrected chi connectivity index (χ2v) is 9.18. The van der Waals surface area contributed by atoms with E-state index >= 15 is 0 Å². The molecule has 0 spiro atoms. The SMILES string of the molecule is CCCCOc1ccc(CCC(=O)N[C@@H]2C(=O)N3C(c4nc(C)no4)=C(C)CSC23)cc1. The van der Waals surface area contributed by atoms with E-state index in [0.717, 1.165) is 35.5 Å². The molecule has 1 aromatic heterocycles. The summed E-state index contributed by atoms with van der Waals surface area (Å²) in [6, 6.07) is 7.30. The number of thioether (sulfide) groups is 1. The zero-order valence-electron chi connectivity index (χ0n) is 18.6. The number of hydrogen-bond acceptors (Lipinski definition) is 7. The number of nitrogens with zero attached hydrogens (tertiary/aromatic N) is 3. The number of carbonyl (C=O) groups excluding carboxylic acids is 2. The molecule has 1 unspecified atom stereocenters. The van der Waals surface area contributed by atoms with E-state index in [4.69, 9.17) is 9.26 Å². The van der Waals surface area contributed by atoms with Crippen LogP contribution in [0.2, 0.25) is 0 Å². The van der Waals surface area contributed by atoms with Gasteiger partial charge in [-0.3, -0.25) is 14.5 Å². The summed E-state index contributed by atoms with van der Waals surface area (Å²) < 4.78 is 11.0. The topological polar surface area (TPSA) is 97.6 Å². The van der Waals surface area contributed by atoms with Gasteiger partial charge in [0, 0.05) is 12.2 Å². The molecule has 1 N–H and O–H groups in total. The Kier molecular flexibility index (Phi) is 6.83. The summed E-state index contributed by atoms with van der Waals surface area (Å²) in [6.07, 6.45) is 3.06. The normalized spacial score (nSPS) is 20.1. The van der Waals surface area contributed by atoms with Crippen LogP contribution < -0.4 is 10.1 Å². The Morgan fingerprint density at radius 2 is 2.09 bits per heavy atom. The summed E-state index contributed by atoms with van der Waals surface area (Å²) >= 11 is 1.63. The van der Waals surface area contributed by atoms with E-state index in [1.165, 1.54) is 0 Å². The first-order valence-corrected chi connectivity index (χ1v) is 12.0. The van der Waals surface area contributed by atoms with E-state index in [0.29, 0.717) is 36.9 Å². The summed E-state index contributed by atoms with van der Waals surface area (Å²) in [5, 5.41) is 6.59. The molecule has 0 radical (unpaired) electrons. The lowest BCUT2D eigenvalue weighted by molar-refractivity contribution is -0.144. The molecule has 0 aliphatic carbocycles. The Labute approximate surface area is 191 Å². The van der Waals surface area contributed by atoms with Crippen molar-refractivity contribution in [2.24, 2.45) is 0 Å². The fourth-order valence-corrected chi connectivity index (χ4v) is 5.05. The number of nitrogens with one attached hydrogen (secondary N) is 1. The standard InChI is InChI=1S/C23H28N4O4S/c1-4-5-12-30-17-9-6-16(7-10-17)8-11-18(28)25-19-22(29)27-20(14(2)13-32-23(19)27)21-24-15(3)26-31-21/h6-7,9-10,19,23H,4-5,8,11-13H2,1-3H3,(H,25,28)/t19-,23?/m1/s1. The lowest BCUT2D eigenvalue weighted by Crippen LogP contribution is -2.69. The minimum Gasteiger partial charge on any atom is -0.494 e. The van der Waals surface area contributed by atoms with Gasteiger partial charge in [-0.1, -0.05) is 30.6 Å². The maximum absolute atomic E-state index is 12.8. The van der Waals surface area contributed by atoms with E-state index < -0.39 is 6.04 Å². The summed E-state index contributed by atoms with van der Waals surface area (Å²) in [6.45, 7) is 6.54. The van der Waals surface area contributed by atoms with Gasteiger partial charge in [-0.15, -0.1) is 11.8 Å². The van der Waals surface area contributed by atoms with Crippen LogP contribution in [0, 0.1) is 6.92 Å². The van der Waals surface area contributed by atoms with Crippen LogP contribution in [-0.2, 0) is 16.0 Å². The maximum atomic E-state index is 12.8. The number of ether oxygens (including phenoxy) is 1. The lowest BCUT2D eigenvalue weighted by Gasteiger charge is -2.49. The molecule has 0 saturated carbocycles. The molecule has 2 atom stereocenters. The molecular weight excluding hydrogens is 428 g/mol. The first kappa shape index (κ1) is 22.4. The van der Waals surface area contributed by atoms with Gasteiger partial charge in [-0.05, 0) is 50.0 Å². The molecule has 2 amide bonds. The first-order chi connectivity index (χ1) is 15.5. The molecule has 2 aliphatic rings. The fourth-order valence-electron chi connectivity index (χ4n) is 3.76. The number of benzene rings is 1. The number of carbonyl (C=O) groups is 2. The van der Waals surface area contributed by atoms with Crippen LogP contribution >= 0.6 is 11.8 Å². The fraction of sp³-hybridized carbons (Fsp3) is 0.478. The van der Waals surface area contributed by atoms with E-state index in [1.807, 2.05) is 31.2 Å². The number of β-lactam (4-membered cyclic amide) rings is 1. The zero-order chi connectivity index (χ0) is 22.7. The van der Waals surface area contributed by atoms with Crippen LogP contribution in [-0.4, -0.2) is 50.6 Å². The van der Waals surface area contributed by atoms with Crippen LogP contribution in [0.1, 0.15) is 50.4 Å². The second kappa shape index (κ2) is 9.77. The second-order valence-electron chi connectivity index (χ2n) is 8.08. The van der Waals surface area contributed by atoms with Gasteiger partial charge in [0.2, 0.25) is 5.91 Å². The Morgan fingerprint density at radius 3 is 2.78 bits per heavy atom. The first-order valence-electron chi connectivity index (χ1n) is 10.9. The van der Waals surface area contributed by atoms with Gasteiger partial charge in [0.25, 0.3) is 11.8 Å². The summed E-state index contributed by atoms with van der Waals surface area (Å²) in [4.78, 5) is 31.3. The number of amides is 2.